The summed E-state index contributed by atoms with van der Waals surface area (Å²) in [6, 6.07) is 7.39. The molecule has 1 unspecified atom stereocenters. The smallest absolute Gasteiger partial charge is 0.278 e. The third kappa shape index (κ3) is 3.44. The van der Waals surface area contributed by atoms with Gasteiger partial charge in [0.05, 0.1) is 0 Å². The molecule has 2 rings (SSSR count). The van der Waals surface area contributed by atoms with Crippen molar-refractivity contribution in [3.05, 3.63) is 34.4 Å². The van der Waals surface area contributed by atoms with E-state index in [1.54, 1.807) is 12.1 Å². The van der Waals surface area contributed by atoms with Crippen LogP contribution in [0.5, 0.6) is 0 Å². The number of anilines is 1. The van der Waals surface area contributed by atoms with Crippen LogP contribution < -0.4 is 4.72 Å². The summed E-state index contributed by atoms with van der Waals surface area (Å²) >= 11 is 3.09. The highest BCUT2D eigenvalue weighted by Crippen LogP contribution is 2.24. The molecule has 0 aliphatic carbocycles. The van der Waals surface area contributed by atoms with Gasteiger partial charge in [0.2, 0.25) is 5.03 Å². The largest absolute Gasteiger partial charge is 0.281 e. The van der Waals surface area contributed by atoms with Crippen molar-refractivity contribution in [1.29, 1.82) is 0 Å². The molecule has 1 aromatic heterocycles. The number of hydrogen-bond donors (Lipinski definition) is 1. The summed E-state index contributed by atoms with van der Waals surface area (Å²) in [4.78, 5) is 0. The standard InChI is InChI=1S/C13H17BrN4O2S/c1-4-9(2)10-5-7-11(8-6-10)16-21(19,20)13-12(14)15-17-18(13)3/h5-9,16H,4H2,1-3H3. The Morgan fingerprint density at radius 2 is 1.95 bits per heavy atom. The van der Waals surface area contributed by atoms with Gasteiger partial charge in [-0.2, -0.15) is 8.42 Å². The predicted octanol–water partition coefficient (Wildman–Crippen LogP) is 2.89. The van der Waals surface area contributed by atoms with E-state index in [2.05, 4.69) is 44.8 Å². The number of rotatable bonds is 5. The SMILES string of the molecule is CCC(C)c1ccc(NS(=O)(=O)c2c(Br)nnn2C)cc1. The average Bonchev–Trinajstić information content (AvgIpc) is 2.78. The highest BCUT2D eigenvalue weighted by molar-refractivity contribution is 9.10. The van der Waals surface area contributed by atoms with Crippen molar-refractivity contribution < 1.29 is 8.42 Å². The van der Waals surface area contributed by atoms with E-state index in [1.165, 1.54) is 17.3 Å². The molecule has 0 fully saturated rings. The molecule has 0 aliphatic heterocycles. The third-order valence-electron chi connectivity index (χ3n) is 3.34. The Kier molecular flexibility index (Phi) is 4.67. The topological polar surface area (TPSA) is 76.9 Å². The van der Waals surface area contributed by atoms with Gasteiger partial charge in [0.15, 0.2) is 4.60 Å². The summed E-state index contributed by atoms with van der Waals surface area (Å²) in [5.74, 6) is 0.450. The minimum atomic E-state index is -3.73. The normalized spacial score (nSPS) is 13.1. The van der Waals surface area contributed by atoms with Crippen molar-refractivity contribution in [2.45, 2.75) is 31.2 Å². The maximum absolute atomic E-state index is 12.3. The van der Waals surface area contributed by atoms with Crippen LogP contribution in [-0.2, 0) is 17.1 Å². The van der Waals surface area contributed by atoms with Gasteiger partial charge >= 0.3 is 0 Å². The molecule has 0 amide bonds. The van der Waals surface area contributed by atoms with Crippen LogP contribution >= 0.6 is 15.9 Å². The predicted molar refractivity (Wildman–Crippen MR) is 84.7 cm³/mol. The molecule has 8 heteroatoms. The molecule has 0 spiro atoms. The molecular weight excluding hydrogens is 356 g/mol. The fraction of sp³-hybridized carbons (Fsp3) is 0.385. The molecule has 0 saturated heterocycles. The van der Waals surface area contributed by atoms with Crippen LogP contribution in [0.4, 0.5) is 5.69 Å². The molecule has 114 valence electrons. The van der Waals surface area contributed by atoms with Gasteiger partial charge in [0, 0.05) is 12.7 Å². The first kappa shape index (κ1) is 16.0. The highest BCUT2D eigenvalue weighted by atomic mass is 79.9. The van der Waals surface area contributed by atoms with Gasteiger partial charge in [0.25, 0.3) is 10.0 Å². The summed E-state index contributed by atoms with van der Waals surface area (Å²) in [6.45, 7) is 4.26. The summed E-state index contributed by atoms with van der Waals surface area (Å²) in [5, 5.41) is 7.35. The number of halogens is 1. The maximum atomic E-state index is 12.3. The van der Waals surface area contributed by atoms with Crippen LogP contribution in [0.25, 0.3) is 0 Å². The van der Waals surface area contributed by atoms with E-state index < -0.39 is 10.0 Å². The van der Waals surface area contributed by atoms with Crippen molar-refractivity contribution in [2.75, 3.05) is 4.72 Å². The van der Waals surface area contributed by atoms with Crippen molar-refractivity contribution in [1.82, 2.24) is 15.0 Å². The molecule has 1 atom stereocenters. The second-order valence-corrected chi connectivity index (χ2v) is 7.19. The summed E-state index contributed by atoms with van der Waals surface area (Å²) in [5.41, 5.74) is 1.69. The number of benzene rings is 1. The maximum Gasteiger partial charge on any atom is 0.281 e. The van der Waals surface area contributed by atoms with Crippen LogP contribution in [-0.4, -0.2) is 23.4 Å². The fourth-order valence-corrected chi connectivity index (χ4v) is 4.08. The van der Waals surface area contributed by atoms with Crippen LogP contribution in [0.1, 0.15) is 31.7 Å². The van der Waals surface area contributed by atoms with E-state index >= 15 is 0 Å². The van der Waals surface area contributed by atoms with Crippen molar-refractivity contribution in [2.24, 2.45) is 7.05 Å². The van der Waals surface area contributed by atoms with Gasteiger partial charge < -0.3 is 0 Å². The summed E-state index contributed by atoms with van der Waals surface area (Å²) < 4.78 is 28.6. The first-order valence-electron chi connectivity index (χ1n) is 6.53. The molecule has 6 nitrogen and oxygen atoms in total. The first-order chi connectivity index (χ1) is 9.85. The second kappa shape index (κ2) is 6.15. The Balaban J connectivity index is 2.25. The van der Waals surface area contributed by atoms with Gasteiger partial charge in [0.1, 0.15) is 0 Å². The van der Waals surface area contributed by atoms with Gasteiger partial charge in [-0.25, -0.2) is 4.68 Å². The molecule has 2 aromatic rings. The van der Waals surface area contributed by atoms with Gasteiger partial charge in [-0.1, -0.05) is 31.2 Å². The lowest BCUT2D eigenvalue weighted by atomic mass is 9.99. The van der Waals surface area contributed by atoms with Crippen molar-refractivity contribution >= 4 is 31.6 Å². The number of nitrogens with one attached hydrogen (secondary N) is 1. The lowest BCUT2D eigenvalue weighted by Gasteiger charge is -2.11. The van der Waals surface area contributed by atoms with Gasteiger partial charge in [-0.3, -0.25) is 4.72 Å². The van der Waals surface area contributed by atoms with Crippen LogP contribution in [0.2, 0.25) is 0 Å². The highest BCUT2D eigenvalue weighted by Gasteiger charge is 2.23. The fourth-order valence-electron chi connectivity index (χ4n) is 1.93. The van der Waals surface area contributed by atoms with E-state index in [0.29, 0.717) is 11.6 Å². The van der Waals surface area contributed by atoms with E-state index in [4.69, 9.17) is 0 Å². The Morgan fingerprint density at radius 3 is 2.43 bits per heavy atom. The van der Waals surface area contributed by atoms with E-state index in [1.807, 2.05) is 12.1 Å². The molecule has 1 heterocycles. The van der Waals surface area contributed by atoms with E-state index in [0.717, 1.165) is 6.42 Å². The Hall–Kier alpha value is -1.41. The van der Waals surface area contributed by atoms with Crippen molar-refractivity contribution in [3.63, 3.8) is 0 Å². The molecular formula is C13H17BrN4O2S. The first-order valence-corrected chi connectivity index (χ1v) is 8.80. The minimum Gasteiger partial charge on any atom is -0.278 e. The molecule has 1 aromatic carbocycles. The monoisotopic (exact) mass is 372 g/mol. The lowest BCUT2D eigenvalue weighted by molar-refractivity contribution is 0.578. The quantitative estimate of drug-likeness (QED) is 0.874. The zero-order valence-corrected chi connectivity index (χ0v) is 14.4. The number of sulfonamides is 1. The van der Waals surface area contributed by atoms with Gasteiger partial charge in [-0.05, 0) is 46.0 Å². The zero-order chi connectivity index (χ0) is 15.6. The zero-order valence-electron chi connectivity index (χ0n) is 12.0. The van der Waals surface area contributed by atoms with Gasteiger partial charge in [-0.15, -0.1) is 5.10 Å². The molecule has 0 aliphatic rings. The molecule has 0 radical (unpaired) electrons. The summed E-state index contributed by atoms with van der Waals surface area (Å²) in [7, 11) is -2.20. The molecule has 0 bridgehead atoms. The Bertz CT molecular complexity index is 706. The minimum absolute atomic E-state index is 0.00602. The van der Waals surface area contributed by atoms with Crippen LogP contribution in [0.15, 0.2) is 33.9 Å². The van der Waals surface area contributed by atoms with Crippen LogP contribution in [0, 0.1) is 0 Å². The number of hydrogen-bond acceptors (Lipinski definition) is 4. The Labute approximate surface area is 132 Å². The number of aryl methyl sites for hydroxylation is 1. The Morgan fingerprint density at radius 1 is 1.33 bits per heavy atom. The number of nitrogens with zero attached hydrogens (tertiary/aromatic N) is 3. The van der Waals surface area contributed by atoms with Crippen molar-refractivity contribution in [3.8, 4) is 0 Å². The second-order valence-electron chi connectivity index (χ2n) is 4.85. The average molecular weight is 373 g/mol. The van der Waals surface area contributed by atoms with E-state index in [9.17, 15) is 8.42 Å². The molecule has 0 saturated carbocycles. The number of aromatic nitrogens is 3. The third-order valence-corrected chi connectivity index (χ3v) is 5.60. The summed E-state index contributed by atoms with van der Waals surface area (Å²) in [6.07, 6.45) is 1.04. The molecule has 21 heavy (non-hydrogen) atoms. The molecule has 1 N–H and O–H groups in total. The lowest BCUT2D eigenvalue weighted by Crippen LogP contribution is -2.17. The van der Waals surface area contributed by atoms with Crippen LogP contribution in [0.3, 0.4) is 0 Å². The van der Waals surface area contributed by atoms with E-state index in [-0.39, 0.29) is 9.63 Å².